The smallest absolute Gasteiger partial charge is 0.268 e. The summed E-state index contributed by atoms with van der Waals surface area (Å²) in [6.07, 6.45) is 0. The molecule has 2 N–H and O–H groups in total. The van der Waals surface area contributed by atoms with Crippen LogP contribution in [-0.4, -0.2) is 15.9 Å². The Bertz CT molecular complexity index is 1030. The zero-order valence-corrected chi connectivity index (χ0v) is 14.3. The predicted molar refractivity (Wildman–Crippen MR) is 98.6 cm³/mol. The zero-order valence-electron chi connectivity index (χ0n) is 13.5. The predicted octanol–water partition coefficient (Wildman–Crippen LogP) is 4.32. The molecule has 1 amide bonds. The van der Waals surface area contributed by atoms with Gasteiger partial charge in [0.15, 0.2) is 0 Å². The second-order valence-corrected chi connectivity index (χ2v) is 7.10. The van der Waals surface area contributed by atoms with E-state index in [0.29, 0.717) is 12.2 Å². The number of hydrogen-bond acceptors (Lipinski definition) is 3. The molecular formula is C19H17N3OS. The SMILES string of the molecule is Cc1cc(C)c2cc(C(=O)NCc3nc4ccccc4s3)[nH]c2c1. The fraction of sp³-hybridized carbons (Fsp3) is 0.158. The summed E-state index contributed by atoms with van der Waals surface area (Å²) in [5, 5.41) is 4.95. The number of fused-ring (bicyclic) bond motifs is 2. The van der Waals surface area contributed by atoms with E-state index in [4.69, 9.17) is 0 Å². The van der Waals surface area contributed by atoms with Gasteiger partial charge < -0.3 is 10.3 Å². The van der Waals surface area contributed by atoms with Gasteiger partial charge in [0.1, 0.15) is 10.7 Å². The third-order valence-corrected chi connectivity index (χ3v) is 5.11. The molecule has 24 heavy (non-hydrogen) atoms. The highest BCUT2D eigenvalue weighted by Gasteiger charge is 2.12. The average Bonchev–Trinajstić information content (AvgIpc) is 3.15. The number of aryl methyl sites for hydroxylation is 2. The highest BCUT2D eigenvalue weighted by molar-refractivity contribution is 7.18. The van der Waals surface area contributed by atoms with Crippen LogP contribution in [0.3, 0.4) is 0 Å². The Kier molecular flexibility index (Phi) is 3.58. The van der Waals surface area contributed by atoms with E-state index in [0.717, 1.165) is 26.1 Å². The summed E-state index contributed by atoms with van der Waals surface area (Å²) in [4.78, 5) is 20.2. The molecule has 0 atom stereocenters. The average molecular weight is 335 g/mol. The van der Waals surface area contributed by atoms with Gasteiger partial charge in [-0.25, -0.2) is 4.98 Å². The molecule has 0 radical (unpaired) electrons. The third kappa shape index (κ3) is 2.67. The summed E-state index contributed by atoms with van der Waals surface area (Å²) >= 11 is 1.61. The van der Waals surface area contributed by atoms with Crippen LogP contribution in [0.5, 0.6) is 0 Å². The van der Waals surface area contributed by atoms with Crippen molar-refractivity contribution in [3.8, 4) is 0 Å². The van der Waals surface area contributed by atoms with Gasteiger partial charge in [-0.3, -0.25) is 4.79 Å². The second-order valence-electron chi connectivity index (χ2n) is 5.98. The van der Waals surface area contributed by atoms with Gasteiger partial charge in [0.05, 0.1) is 16.8 Å². The molecular weight excluding hydrogens is 318 g/mol. The highest BCUT2D eigenvalue weighted by Crippen LogP contribution is 2.23. The number of benzene rings is 2. The minimum atomic E-state index is -0.109. The Hall–Kier alpha value is -2.66. The van der Waals surface area contributed by atoms with Crippen molar-refractivity contribution in [1.29, 1.82) is 0 Å². The van der Waals surface area contributed by atoms with Crippen LogP contribution in [-0.2, 0) is 6.54 Å². The molecule has 0 bridgehead atoms. The van der Waals surface area contributed by atoms with E-state index in [2.05, 4.69) is 41.3 Å². The summed E-state index contributed by atoms with van der Waals surface area (Å²) in [5.74, 6) is -0.109. The molecule has 4 nitrogen and oxygen atoms in total. The minimum Gasteiger partial charge on any atom is -0.351 e. The lowest BCUT2D eigenvalue weighted by Gasteiger charge is -2.00. The largest absolute Gasteiger partial charge is 0.351 e. The standard InChI is InChI=1S/C19H17N3OS/c1-11-7-12(2)13-9-16(21-15(13)8-11)19(23)20-10-18-22-14-5-3-4-6-17(14)24-18/h3-9,21H,10H2,1-2H3,(H,20,23). The first kappa shape index (κ1) is 14.9. The summed E-state index contributed by atoms with van der Waals surface area (Å²) in [6, 6.07) is 14.1. The third-order valence-electron chi connectivity index (χ3n) is 4.07. The molecule has 0 spiro atoms. The molecule has 0 aliphatic rings. The lowest BCUT2D eigenvalue weighted by Crippen LogP contribution is -2.22. The first-order valence-electron chi connectivity index (χ1n) is 7.83. The van der Waals surface area contributed by atoms with Crippen LogP contribution >= 0.6 is 11.3 Å². The van der Waals surface area contributed by atoms with E-state index in [-0.39, 0.29) is 5.91 Å². The molecule has 4 aromatic rings. The van der Waals surface area contributed by atoms with Crippen molar-refractivity contribution < 1.29 is 4.79 Å². The molecule has 0 saturated carbocycles. The van der Waals surface area contributed by atoms with E-state index in [1.165, 1.54) is 11.1 Å². The number of amides is 1. The molecule has 0 fully saturated rings. The maximum Gasteiger partial charge on any atom is 0.268 e. The van der Waals surface area contributed by atoms with Crippen LogP contribution in [0.2, 0.25) is 0 Å². The van der Waals surface area contributed by atoms with Gasteiger partial charge in [-0.1, -0.05) is 18.2 Å². The lowest BCUT2D eigenvalue weighted by molar-refractivity contribution is 0.0946. The van der Waals surface area contributed by atoms with E-state index >= 15 is 0 Å². The number of hydrogen-bond donors (Lipinski definition) is 2. The molecule has 2 aromatic carbocycles. The molecule has 0 saturated heterocycles. The molecule has 2 heterocycles. The van der Waals surface area contributed by atoms with E-state index in [9.17, 15) is 4.79 Å². The number of aromatic amines is 1. The van der Waals surface area contributed by atoms with Gasteiger partial charge in [-0.2, -0.15) is 0 Å². The minimum absolute atomic E-state index is 0.109. The van der Waals surface area contributed by atoms with Crippen molar-refractivity contribution in [2.45, 2.75) is 20.4 Å². The van der Waals surface area contributed by atoms with Crippen LogP contribution in [0.15, 0.2) is 42.5 Å². The van der Waals surface area contributed by atoms with E-state index in [1.807, 2.05) is 30.3 Å². The number of thiazole rings is 1. The van der Waals surface area contributed by atoms with Crippen molar-refractivity contribution in [2.75, 3.05) is 0 Å². The first-order valence-corrected chi connectivity index (χ1v) is 8.64. The summed E-state index contributed by atoms with van der Waals surface area (Å²) in [6.45, 7) is 4.55. The normalized spacial score (nSPS) is 11.2. The maximum atomic E-state index is 12.4. The van der Waals surface area contributed by atoms with Crippen LogP contribution < -0.4 is 5.32 Å². The Labute approximate surface area is 143 Å². The number of aromatic nitrogens is 2. The Morgan fingerprint density at radius 3 is 2.88 bits per heavy atom. The van der Waals surface area contributed by atoms with E-state index in [1.54, 1.807) is 11.3 Å². The molecule has 0 aliphatic carbocycles. The Morgan fingerprint density at radius 2 is 2.04 bits per heavy atom. The summed E-state index contributed by atoms with van der Waals surface area (Å²) in [5.41, 5.74) is 4.91. The molecule has 120 valence electrons. The monoisotopic (exact) mass is 335 g/mol. The lowest BCUT2D eigenvalue weighted by atomic mass is 10.1. The fourth-order valence-corrected chi connectivity index (χ4v) is 3.88. The molecule has 2 aromatic heterocycles. The maximum absolute atomic E-state index is 12.4. The zero-order chi connectivity index (χ0) is 16.7. The van der Waals surface area contributed by atoms with Crippen LogP contribution in [0.1, 0.15) is 26.6 Å². The van der Waals surface area contributed by atoms with Crippen molar-refractivity contribution in [2.24, 2.45) is 0 Å². The van der Waals surface area contributed by atoms with Crippen molar-refractivity contribution in [3.05, 3.63) is 64.3 Å². The van der Waals surface area contributed by atoms with Crippen molar-refractivity contribution >= 4 is 38.4 Å². The van der Waals surface area contributed by atoms with Gasteiger partial charge in [0.25, 0.3) is 5.91 Å². The topological polar surface area (TPSA) is 57.8 Å². The molecule has 4 rings (SSSR count). The van der Waals surface area contributed by atoms with Gasteiger partial charge >= 0.3 is 0 Å². The number of carbonyl (C=O) groups excluding carboxylic acids is 1. The van der Waals surface area contributed by atoms with Crippen molar-refractivity contribution in [1.82, 2.24) is 15.3 Å². The number of nitrogens with zero attached hydrogens (tertiary/aromatic N) is 1. The molecule has 0 unspecified atom stereocenters. The second kappa shape index (κ2) is 5.76. The number of para-hydroxylation sites is 1. The van der Waals surface area contributed by atoms with Gasteiger partial charge in [-0.15, -0.1) is 11.3 Å². The van der Waals surface area contributed by atoms with Crippen LogP contribution in [0.4, 0.5) is 0 Å². The van der Waals surface area contributed by atoms with Gasteiger partial charge in [0.2, 0.25) is 0 Å². The first-order chi connectivity index (χ1) is 11.6. The number of nitrogens with one attached hydrogen (secondary N) is 2. The van der Waals surface area contributed by atoms with Crippen LogP contribution in [0.25, 0.3) is 21.1 Å². The van der Waals surface area contributed by atoms with Crippen LogP contribution in [0, 0.1) is 13.8 Å². The highest BCUT2D eigenvalue weighted by atomic mass is 32.1. The Morgan fingerprint density at radius 1 is 1.21 bits per heavy atom. The summed E-state index contributed by atoms with van der Waals surface area (Å²) < 4.78 is 1.14. The number of rotatable bonds is 3. The summed E-state index contributed by atoms with van der Waals surface area (Å²) in [7, 11) is 0. The van der Waals surface area contributed by atoms with E-state index < -0.39 is 0 Å². The number of carbonyl (C=O) groups is 1. The van der Waals surface area contributed by atoms with Crippen molar-refractivity contribution in [3.63, 3.8) is 0 Å². The van der Waals surface area contributed by atoms with Gasteiger partial charge in [0, 0.05) is 10.9 Å². The quantitative estimate of drug-likeness (QED) is 0.585. The fourth-order valence-electron chi connectivity index (χ4n) is 2.97. The Balaban J connectivity index is 1.54. The molecule has 5 heteroatoms. The molecule has 0 aliphatic heterocycles. The van der Waals surface area contributed by atoms with Gasteiger partial charge in [-0.05, 0) is 49.2 Å². The number of H-pyrrole nitrogens is 1.